The van der Waals surface area contributed by atoms with Crippen LogP contribution < -0.4 is 5.32 Å². The van der Waals surface area contributed by atoms with E-state index in [1.54, 1.807) is 0 Å². The number of likely N-dealkylation sites (tertiary alicyclic amines) is 1. The lowest BCUT2D eigenvalue weighted by atomic mass is 9.92. The van der Waals surface area contributed by atoms with E-state index in [0.717, 1.165) is 31.7 Å². The lowest BCUT2D eigenvalue weighted by molar-refractivity contribution is -0.151. The van der Waals surface area contributed by atoms with Gasteiger partial charge in [-0.15, -0.1) is 0 Å². The maximum Gasteiger partial charge on any atom is 0.326 e. The molecule has 1 saturated heterocycles. The number of nitrogens with zero attached hydrogens (tertiary/aromatic N) is 1. The first-order valence-corrected chi connectivity index (χ1v) is 8.70. The molecule has 4 unspecified atom stereocenters. The molecule has 0 amide bonds. The van der Waals surface area contributed by atoms with E-state index in [2.05, 4.69) is 31.0 Å². The van der Waals surface area contributed by atoms with Crippen LogP contribution in [0.15, 0.2) is 0 Å². The van der Waals surface area contributed by atoms with Crippen molar-refractivity contribution >= 4 is 5.97 Å². The summed E-state index contributed by atoms with van der Waals surface area (Å²) in [5.74, 6) is 0.727. The second kappa shape index (κ2) is 7.10. The van der Waals surface area contributed by atoms with Crippen molar-refractivity contribution in [3.8, 4) is 0 Å². The molecule has 1 N–H and O–H groups in total. The summed E-state index contributed by atoms with van der Waals surface area (Å²) in [4.78, 5) is 15.1. The van der Waals surface area contributed by atoms with Crippen molar-refractivity contribution in [1.29, 1.82) is 0 Å². The van der Waals surface area contributed by atoms with Crippen molar-refractivity contribution in [1.82, 2.24) is 10.2 Å². The molecule has 4 nitrogen and oxygen atoms in total. The highest BCUT2D eigenvalue weighted by Crippen LogP contribution is 2.37. The number of esters is 1. The number of hydrogen-bond donors (Lipinski definition) is 1. The Kier molecular flexibility index (Phi) is 5.67. The number of ether oxygens (including phenoxy) is 1. The molecule has 0 aromatic carbocycles. The lowest BCUT2D eigenvalue weighted by Crippen LogP contribution is -2.53. The second-order valence-electron chi connectivity index (χ2n) is 6.96. The van der Waals surface area contributed by atoms with E-state index in [1.807, 2.05) is 6.92 Å². The summed E-state index contributed by atoms with van der Waals surface area (Å²) < 4.78 is 5.35. The highest BCUT2D eigenvalue weighted by molar-refractivity contribution is 5.81. The molecule has 4 atom stereocenters. The van der Waals surface area contributed by atoms with Crippen LogP contribution in [0, 0.1) is 5.92 Å². The third-order valence-electron chi connectivity index (χ3n) is 5.30. The summed E-state index contributed by atoms with van der Waals surface area (Å²) in [5, 5.41) is 3.44. The summed E-state index contributed by atoms with van der Waals surface area (Å²) in [6.45, 7) is 11.1. The molecule has 0 aromatic heterocycles. The van der Waals surface area contributed by atoms with Crippen LogP contribution in [0.3, 0.4) is 0 Å². The van der Waals surface area contributed by atoms with Gasteiger partial charge in [-0.05, 0) is 58.4 Å². The summed E-state index contributed by atoms with van der Waals surface area (Å²) in [6, 6.07) is 1.16. The fourth-order valence-electron chi connectivity index (χ4n) is 4.16. The molecule has 2 fully saturated rings. The van der Waals surface area contributed by atoms with E-state index < -0.39 is 5.54 Å². The number of nitrogens with one attached hydrogen (secondary N) is 1. The molecule has 1 heterocycles. The maximum atomic E-state index is 12.4. The number of rotatable bonds is 5. The third-order valence-corrected chi connectivity index (χ3v) is 5.30. The Morgan fingerprint density at radius 1 is 1.29 bits per heavy atom. The van der Waals surface area contributed by atoms with Gasteiger partial charge < -0.3 is 10.1 Å². The molecule has 21 heavy (non-hydrogen) atoms. The number of piperidine rings is 1. The monoisotopic (exact) mass is 296 g/mol. The molecule has 4 heteroatoms. The Hall–Kier alpha value is -0.610. The molecule has 122 valence electrons. The average molecular weight is 296 g/mol. The lowest BCUT2D eigenvalue weighted by Gasteiger charge is -2.41. The number of carbonyl (C=O) groups is 1. The van der Waals surface area contributed by atoms with Crippen molar-refractivity contribution < 1.29 is 9.53 Å². The van der Waals surface area contributed by atoms with Crippen LogP contribution in [0.1, 0.15) is 59.8 Å². The van der Waals surface area contributed by atoms with Crippen molar-refractivity contribution in [3.63, 3.8) is 0 Å². The molecule has 1 saturated carbocycles. The minimum atomic E-state index is -0.449. The van der Waals surface area contributed by atoms with Gasteiger partial charge in [-0.25, -0.2) is 0 Å². The number of carbonyl (C=O) groups excluding carboxylic acids is 1. The normalized spacial score (nSPS) is 37.6. The molecule has 2 aliphatic rings. The Labute approximate surface area is 129 Å². The smallest absolute Gasteiger partial charge is 0.326 e. The van der Waals surface area contributed by atoms with Crippen molar-refractivity contribution in [2.24, 2.45) is 5.92 Å². The summed E-state index contributed by atoms with van der Waals surface area (Å²) in [5.41, 5.74) is -0.449. The maximum absolute atomic E-state index is 12.4. The molecule has 2 rings (SSSR count). The van der Waals surface area contributed by atoms with Crippen LogP contribution in [0.5, 0.6) is 0 Å². The third kappa shape index (κ3) is 3.59. The fourth-order valence-corrected chi connectivity index (χ4v) is 4.16. The van der Waals surface area contributed by atoms with E-state index in [9.17, 15) is 4.79 Å². The quantitative estimate of drug-likeness (QED) is 0.792. The first kappa shape index (κ1) is 16.8. The molecule has 0 radical (unpaired) electrons. The zero-order chi connectivity index (χ0) is 15.5. The van der Waals surface area contributed by atoms with Crippen LogP contribution in [0.2, 0.25) is 0 Å². The van der Waals surface area contributed by atoms with Crippen LogP contribution in [-0.2, 0) is 9.53 Å². The topological polar surface area (TPSA) is 41.6 Å². The van der Waals surface area contributed by atoms with E-state index in [-0.39, 0.29) is 5.97 Å². The zero-order valence-electron chi connectivity index (χ0n) is 14.2. The van der Waals surface area contributed by atoms with Gasteiger partial charge in [0.1, 0.15) is 5.54 Å². The van der Waals surface area contributed by atoms with Crippen molar-refractivity contribution in [2.75, 3.05) is 19.7 Å². The van der Waals surface area contributed by atoms with Gasteiger partial charge >= 0.3 is 5.97 Å². The fraction of sp³-hybridized carbons (Fsp3) is 0.941. The molecular formula is C17H32N2O2. The van der Waals surface area contributed by atoms with Gasteiger partial charge in [0, 0.05) is 18.6 Å². The standard InChI is InChI=1S/C17H32N2O2/c1-5-18-17(16(20)21-6-2)10-9-15(11-17)19-12-13(3)7-8-14(19)4/h13-15,18H,5-12H2,1-4H3. The van der Waals surface area contributed by atoms with Gasteiger partial charge in [-0.1, -0.05) is 13.8 Å². The predicted octanol–water partition coefficient (Wildman–Crippen LogP) is 2.57. The minimum Gasteiger partial charge on any atom is -0.465 e. The highest BCUT2D eigenvalue weighted by atomic mass is 16.5. The largest absolute Gasteiger partial charge is 0.465 e. The molecular weight excluding hydrogens is 264 g/mol. The first-order valence-electron chi connectivity index (χ1n) is 8.70. The van der Waals surface area contributed by atoms with Crippen LogP contribution >= 0.6 is 0 Å². The van der Waals surface area contributed by atoms with E-state index >= 15 is 0 Å². The van der Waals surface area contributed by atoms with Gasteiger partial charge in [0.2, 0.25) is 0 Å². The van der Waals surface area contributed by atoms with Gasteiger partial charge in [0.15, 0.2) is 0 Å². The van der Waals surface area contributed by atoms with Gasteiger partial charge in [-0.2, -0.15) is 0 Å². The van der Waals surface area contributed by atoms with Crippen LogP contribution in [0.25, 0.3) is 0 Å². The Balaban J connectivity index is 2.06. The summed E-state index contributed by atoms with van der Waals surface area (Å²) in [7, 11) is 0. The minimum absolute atomic E-state index is 0.0490. The Bertz CT molecular complexity index is 361. The first-order chi connectivity index (χ1) is 10.0. The molecule has 1 aliphatic carbocycles. The van der Waals surface area contributed by atoms with Gasteiger partial charge in [0.05, 0.1) is 6.61 Å². The van der Waals surface area contributed by atoms with Crippen LogP contribution in [-0.4, -0.2) is 48.2 Å². The molecule has 0 spiro atoms. The van der Waals surface area contributed by atoms with E-state index in [0.29, 0.717) is 18.7 Å². The zero-order valence-corrected chi connectivity index (χ0v) is 14.2. The Morgan fingerprint density at radius 3 is 2.71 bits per heavy atom. The summed E-state index contributed by atoms with van der Waals surface area (Å²) in [6.07, 6.45) is 5.52. The number of likely N-dealkylation sites (N-methyl/N-ethyl adjacent to an activating group) is 1. The van der Waals surface area contributed by atoms with Gasteiger partial charge in [0.25, 0.3) is 0 Å². The van der Waals surface area contributed by atoms with Crippen molar-refractivity contribution in [2.45, 2.75) is 77.4 Å². The van der Waals surface area contributed by atoms with E-state index in [1.165, 1.54) is 19.4 Å². The summed E-state index contributed by atoms with van der Waals surface area (Å²) >= 11 is 0. The van der Waals surface area contributed by atoms with Crippen molar-refractivity contribution in [3.05, 3.63) is 0 Å². The molecule has 1 aliphatic heterocycles. The van der Waals surface area contributed by atoms with E-state index in [4.69, 9.17) is 4.74 Å². The number of hydrogen-bond acceptors (Lipinski definition) is 4. The van der Waals surface area contributed by atoms with Gasteiger partial charge in [-0.3, -0.25) is 9.69 Å². The van der Waals surface area contributed by atoms with Crippen LogP contribution in [0.4, 0.5) is 0 Å². The SMILES string of the molecule is CCNC1(C(=O)OCC)CCC(N2CC(C)CCC2C)C1. The average Bonchev–Trinajstić information content (AvgIpc) is 2.88. The molecule has 0 aromatic rings. The molecule has 0 bridgehead atoms. The highest BCUT2D eigenvalue weighted by Gasteiger charge is 2.48. The predicted molar refractivity (Wildman–Crippen MR) is 85.2 cm³/mol. The Morgan fingerprint density at radius 2 is 2.05 bits per heavy atom. The second-order valence-corrected chi connectivity index (χ2v) is 6.96.